The molecule has 158 valence electrons. The van der Waals surface area contributed by atoms with Crippen molar-refractivity contribution in [3.8, 4) is 0 Å². The number of nitrogens with zero attached hydrogens (tertiary/aromatic N) is 3. The molecule has 0 spiro atoms. The molecule has 5 rings (SSSR count). The van der Waals surface area contributed by atoms with Crippen molar-refractivity contribution in [3.63, 3.8) is 0 Å². The highest BCUT2D eigenvalue weighted by atomic mass is 35.5. The smallest absolute Gasteiger partial charge is 0.272 e. The van der Waals surface area contributed by atoms with Crippen LogP contribution >= 0.6 is 11.6 Å². The molecule has 6 nitrogen and oxygen atoms in total. The maximum atomic E-state index is 13.0. The zero-order chi connectivity index (χ0) is 21.4. The molecule has 2 aromatic carbocycles. The lowest BCUT2D eigenvalue weighted by Crippen LogP contribution is -2.39. The number of hydrogen-bond donors (Lipinski definition) is 1. The molecule has 0 saturated heterocycles. The Labute approximate surface area is 185 Å². The summed E-state index contributed by atoms with van der Waals surface area (Å²) in [5.74, 6) is -0.351. The number of hydrogen-bond acceptors (Lipinski definition) is 3. The third kappa shape index (κ3) is 3.95. The lowest BCUT2D eigenvalue weighted by atomic mass is 9.87. The van der Waals surface area contributed by atoms with Crippen molar-refractivity contribution in [2.24, 2.45) is 0 Å². The Morgan fingerprint density at radius 3 is 2.77 bits per heavy atom. The van der Waals surface area contributed by atoms with E-state index in [1.165, 1.54) is 11.1 Å². The first-order valence-electron chi connectivity index (χ1n) is 10.6. The fourth-order valence-electron chi connectivity index (χ4n) is 4.45. The predicted molar refractivity (Wildman–Crippen MR) is 118 cm³/mol. The van der Waals surface area contributed by atoms with Crippen molar-refractivity contribution in [2.75, 3.05) is 6.54 Å². The van der Waals surface area contributed by atoms with Crippen LogP contribution in [0.3, 0.4) is 0 Å². The number of amides is 2. The van der Waals surface area contributed by atoms with Gasteiger partial charge in [0.05, 0.1) is 12.6 Å². The van der Waals surface area contributed by atoms with Gasteiger partial charge in [0.1, 0.15) is 5.69 Å². The normalized spacial score (nSPS) is 17.8. The highest BCUT2D eigenvalue weighted by Gasteiger charge is 2.29. The van der Waals surface area contributed by atoms with E-state index in [2.05, 4.69) is 22.5 Å². The molecule has 1 N–H and O–H groups in total. The first-order valence-corrected chi connectivity index (χ1v) is 11.0. The highest BCUT2D eigenvalue weighted by molar-refractivity contribution is 6.30. The van der Waals surface area contributed by atoms with Gasteiger partial charge in [0.25, 0.3) is 11.8 Å². The molecule has 0 fully saturated rings. The van der Waals surface area contributed by atoms with Crippen LogP contribution in [0.5, 0.6) is 0 Å². The van der Waals surface area contributed by atoms with Crippen LogP contribution in [0.15, 0.2) is 54.6 Å². The molecule has 2 amide bonds. The summed E-state index contributed by atoms with van der Waals surface area (Å²) in [7, 11) is 0. The quantitative estimate of drug-likeness (QED) is 0.674. The number of halogens is 1. The molecule has 0 radical (unpaired) electrons. The van der Waals surface area contributed by atoms with Crippen LogP contribution in [0.4, 0.5) is 0 Å². The molecule has 0 saturated carbocycles. The minimum Gasteiger partial charge on any atom is -0.344 e. The summed E-state index contributed by atoms with van der Waals surface area (Å²) in [5, 5.41) is 8.20. The topological polar surface area (TPSA) is 67.2 Å². The van der Waals surface area contributed by atoms with E-state index in [9.17, 15) is 9.59 Å². The van der Waals surface area contributed by atoms with E-state index in [4.69, 9.17) is 11.6 Å². The molecular weight excluding hydrogens is 412 g/mol. The van der Waals surface area contributed by atoms with Crippen molar-refractivity contribution in [1.29, 1.82) is 0 Å². The van der Waals surface area contributed by atoms with Gasteiger partial charge in [-0.1, -0.05) is 48.0 Å². The highest BCUT2D eigenvalue weighted by Crippen LogP contribution is 2.29. The first kappa shape index (κ1) is 19.8. The summed E-state index contributed by atoms with van der Waals surface area (Å²) in [6.07, 6.45) is 2.99. The largest absolute Gasteiger partial charge is 0.344 e. The summed E-state index contributed by atoms with van der Waals surface area (Å²) in [6, 6.07) is 17.3. The van der Waals surface area contributed by atoms with E-state index in [0.717, 1.165) is 24.8 Å². The Hall–Kier alpha value is -3.12. The fraction of sp³-hybridized carbons (Fsp3) is 0.292. The van der Waals surface area contributed by atoms with Crippen LogP contribution in [0, 0.1) is 0 Å². The third-order valence-corrected chi connectivity index (χ3v) is 6.31. The van der Waals surface area contributed by atoms with Gasteiger partial charge < -0.3 is 10.2 Å². The molecule has 1 aliphatic heterocycles. The molecule has 2 aliphatic rings. The zero-order valence-electron chi connectivity index (χ0n) is 17.1. The maximum absolute atomic E-state index is 13.0. The van der Waals surface area contributed by atoms with Crippen molar-refractivity contribution in [3.05, 3.63) is 87.7 Å². The number of rotatable bonds is 4. The molecule has 2 heterocycles. The molecule has 7 heteroatoms. The van der Waals surface area contributed by atoms with E-state index in [0.29, 0.717) is 36.0 Å². The van der Waals surface area contributed by atoms with E-state index >= 15 is 0 Å². The molecule has 1 atom stereocenters. The summed E-state index contributed by atoms with van der Waals surface area (Å²) in [5.41, 5.74) is 4.22. The van der Waals surface area contributed by atoms with Crippen LogP contribution < -0.4 is 5.32 Å². The number of aryl methyl sites for hydroxylation is 1. The van der Waals surface area contributed by atoms with E-state index in [1.807, 2.05) is 36.4 Å². The Kier molecular flexibility index (Phi) is 5.24. The van der Waals surface area contributed by atoms with Crippen molar-refractivity contribution >= 4 is 23.4 Å². The summed E-state index contributed by atoms with van der Waals surface area (Å²) in [6.45, 7) is 1.61. The van der Waals surface area contributed by atoms with Crippen LogP contribution in [0.25, 0.3) is 0 Å². The Balaban J connectivity index is 1.31. The molecule has 3 aromatic rings. The monoisotopic (exact) mass is 434 g/mol. The molecular formula is C24H23ClN4O2. The van der Waals surface area contributed by atoms with E-state index in [1.54, 1.807) is 15.6 Å². The number of aromatic nitrogens is 2. The molecule has 0 bridgehead atoms. The minimum atomic E-state index is -0.236. The number of benzene rings is 2. The average Bonchev–Trinajstić information content (AvgIpc) is 3.23. The lowest BCUT2D eigenvalue weighted by molar-refractivity contribution is 0.0683. The second-order valence-electron chi connectivity index (χ2n) is 8.11. The van der Waals surface area contributed by atoms with Crippen molar-refractivity contribution in [1.82, 2.24) is 20.0 Å². The van der Waals surface area contributed by atoms with Gasteiger partial charge in [-0.3, -0.25) is 14.3 Å². The van der Waals surface area contributed by atoms with Crippen molar-refractivity contribution < 1.29 is 9.59 Å². The first-order chi connectivity index (χ1) is 15.1. The lowest BCUT2D eigenvalue weighted by Gasteiger charge is -2.27. The van der Waals surface area contributed by atoms with Gasteiger partial charge in [-0.25, -0.2) is 0 Å². The standard InChI is InChI=1S/C24H23ClN4O2/c25-18-10-8-16(9-11-18)15-28-12-13-29-22(24(28)31)14-21(27-29)23(30)26-20-7-3-5-17-4-1-2-6-19(17)20/h1-2,4,6,8-11,14,20H,3,5,7,12-13,15H2,(H,26,30)/t20-/m1/s1. The average molecular weight is 435 g/mol. The molecule has 31 heavy (non-hydrogen) atoms. The second-order valence-corrected chi connectivity index (χ2v) is 8.54. The Morgan fingerprint density at radius 2 is 1.94 bits per heavy atom. The van der Waals surface area contributed by atoms with Crippen LogP contribution in [0.2, 0.25) is 5.02 Å². The van der Waals surface area contributed by atoms with Gasteiger partial charge in [-0.05, 0) is 48.1 Å². The van der Waals surface area contributed by atoms with Crippen LogP contribution in [0.1, 0.15) is 56.6 Å². The van der Waals surface area contributed by atoms with E-state index < -0.39 is 0 Å². The minimum absolute atomic E-state index is 0.0201. The summed E-state index contributed by atoms with van der Waals surface area (Å²) in [4.78, 5) is 27.7. The summed E-state index contributed by atoms with van der Waals surface area (Å²) < 4.78 is 1.64. The van der Waals surface area contributed by atoms with Crippen LogP contribution in [-0.4, -0.2) is 33.0 Å². The fourth-order valence-corrected chi connectivity index (χ4v) is 4.57. The van der Waals surface area contributed by atoms with Gasteiger partial charge in [0, 0.05) is 24.2 Å². The maximum Gasteiger partial charge on any atom is 0.272 e. The molecule has 1 aliphatic carbocycles. The van der Waals surface area contributed by atoms with Crippen LogP contribution in [-0.2, 0) is 19.5 Å². The van der Waals surface area contributed by atoms with E-state index in [-0.39, 0.29) is 17.9 Å². The zero-order valence-corrected chi connectivity index (χ0v) is 17.8. The summed E-state index contributed by atoms with van der Waals surface area (Å²) >= 11 is 5.95. The number of carbonyl (C=O) groups excluding carboxylic acids is 2. The second kappa shape index (κ2) is 8.19. The Morgan fingerprint density at radius 1 is 1.13 bits per heavy atom. The Bertz CT molecular complexity index is 1140. The predicted octanol–water partition coefficient (Wildman–Crippen LogP) is 4.00. The van der Waals surface area contributed by atoms with Gasteiger partial charge >= 0.3 is 0 Å². The van der Waals surface area contributed by atoms with Gasteiger partial charge in [0.2, 0.25) is 0 Å². The van der Waals surface area contributed by atoms with Gasteiger partial charge in [-0.15, -0.1) is 0 Å². The molecule has 0 unspecified atom stereocenters. The third-order valence-electron chi connectivity index (χ3n) is 6.06. The SMILES string of the molecule is O=C(N[C@@H]1CCCc2ccccc21)c1cc2n(n1)CCN(Cc1ccc(Cl)cc1)C2=O. The van der Waals surface area contributed by atoms with Gasteiger partial charge in [-0.2, -0.15) is 5.10 Å². The molecule has 1 aromatic heterocycles. The van der Waals surface area contributed by atoms with Crippen molar-refractivity contribution in [2.45, 2.75) is 38.4 Å². The number of nitrogens with one attached hydrogen (secondary N) is 1. The number of carbonyl (C=O) groups is 2. The number of fused-ring (bicyclic) bond motifs is 2. The van der Waals surface area contributed by atoms with Gasteiger partial charge in [0.15, 0.2) is 5.69 Å².